The zero-order chi connectivity index (χ0) is 35.4. The molecular formula is C36H51N9O5. The minimum Gasteiger partial charge on any atom is -0.444 e. The number of hydrogen-bond acceptors (Lipinski definition) is 11. The first-order valence-corrected chi connectivity index (χ1v) is 18.1. The molecule has 4 atom stereocenters. The lowest BCUT2D eigenvalue weighted by Gasteiger charge is -2.42. The van der Waals surface area contributed by atoms with Crippen molar-refractivity contribution in [1.82, 2.24) is 34.9 Å². The lowest BCUT2D eigenvalue weighted by atomic mass is 9.73. The summed E-state index contributed by atoms with van der Waals surface area (Å²) in [5.74, 6) is 1.59. The number of alkyl carbamates (subject to hydrolysis) is 1. The molecule has 2 amide bonds. The van der Waals surface area contributed by atoms with Crippen molar-refractivity contribution >= 4 is 40.5 Å². The molecule has 3 aromatic rings. The summed E-state index contributed by atoms with van der Waals surface area (Å²) in [6, 6.07) is 3.65. The number of piperidine rings is 1. The highest BCUT2D eigenvalue weighted by atomic mass is 16.6. The number of fused-ring (bicyclic) bond motifs is 2. The van der Waals surface area contributed by atoms with Gasteiger partial charge >= 0.3 is 6.09 Å². The molecule has 1 unspecified atom stereocenters. The number of nitrogens with one attached hydrogen (secondary N) is 1. The monoisotopic (exact) mass is 689 g/mol. The summed E-state index contributed by atoms with van der Waals surface area (Å²) in [6.07, 6.45) is 6.58. The lowest BCUT2D eigenvalue weighted by Crippen LogP contribution is -2.55. The molecular weight excluding hydrogens is 638 g/mol. The normalized spacial score (nSPS) is 25.1. The minimum absolute atomic E-state index is 0.105. The molecule has 0 aliphatic carbocycles. The van der Waals surface area contributed by atoms with E-state index in [9.17, 15) is 9.59 Å². The van der Waals surface area contributed by atoms with Crippen molar-refractivity contribution in [2.75, 3.05) is 56.7 Å². The molecule has 0 radical (unpaired) electrons. The van der Waals surface area contributed by atoms with Crippen LogP contribution in [0, 0.1) is 5.41 Å². The Hall–Kier alpha value is -4.04. The summed E-state index contributed by atoms with van der Waals surface area (Å²) in [4.78, 5) is 46.6. The van der Waals surface area contributed by atoms with E-state index in [4.69, 9.17) is 34.3 Å². The molecule has 50 heavy (non-hydrogen) atoms. The van der Waals surface area contributed by atoms with Crippen LogP contribution >= 0.6 is 0 Å². The Labute approximate surface area is 293 Å². The highest BCUT2D eigenvalue weighted by Gasteiger charge is 2.50. The van der Waals surface area contributed by atoms with Crippen molar-refractivity contribution in [3.63, 3.8) is 0 Å². The fourth-order valence-electron chi connectivity index (χ4n) is 7.87. The Morgan fingerprint density at radius 2 is 1.82 bits per heavy atom. The molecule has 7 rings (SSSR count). The number of carbonyl (C=O) groups is 2. The Bertz CT molecular complexity index is 1740. The molecule has 4 aliphatic heterocycles. The average Bonchev–Trinajstić information content (AvgIpc) is 3.61. The smallest absolute Gasteiger partial charge is 0.407 e. The molecule has 14 heteroatoms. The third-order valence-electron chi connectivity index (χ3n) is 10.6. The number of anilines is 3. The zero-order valence-corrected chi connectivity index (χ0v) is 30.4. The maximum atomic E-state index is 12.8. The molecule has 7 heterocycles. The van der Waals surface area contributed by atoms with Gasteiger partial charge < -0.3 is 34.2 Å². The topological polar surface area (TPSA) is 140 Å². The van der Waals surface area contributed by atoms with Crippen LogP contribution in [-0.2, 0) is 14.2 Å². The Balaban J connectivity index is 1.18. The molecule has 1 N–H and O–H groups in total. The first-order valence-electron chi connectivity index (χ1n) is 18.1. The summed E-state index contributed by atoms with van der Waals surface area (Å²) in [7, 11) is 3.48. The van der Waals surface area contributed by atoms with Crippen LogP contribution in [0.2, 0.25) is 0 Å². The largest absolute Gasteiger partial charge is 0.444 e. The fraction of sp³-hybridized carbons (Fsp3) is 0.667. The third-order valence-corrected chi connectivity index (χ3v) is 10.6. The number of hydrogen-bond donors (Lipinski definition) is 1. The van der Waals surface area contributed by atoms with Gasteiger partial charge in [0.2, 0.25) is 0 Å². The van der Waals surface area contributed by atoms with Gasteiger partial charge in [-0.2, -0.15) is 0 Å². The van der Waals surface area contributed by atoms with Gasteiger partial charge in [-0.25, -0.2) is 24.4 Å². The Morgan fingerprint density at radius 1 is 1.04 bits per heavy atom. The van der Waals surface area contributed by atoms with Crippen LogP contribution in [0.15, 0.2) is 18.3 Å². The second-order valence-electron chi connectivity index (χ2n) is 15.6. The van der Waals surface area contributed by atoms with Crippen LogP contribution in [0.4, 0.5) is 22.1 Å². The van der Waals surface area contributed by atoms with Crippen LogP contribution in [0.25, 0.3) is 11.2 Å². The zero-order valence-electron chi connectivity index (χ0n) is 30.4. The third kappa shape index (κ3) is 6.47. The van der Waals surface area contributed by atoms with E-state index in [0.29, 0.717) is 30.1 Å². The van der Waals surface area contributed by atoms with Gasteiger partial charge in [0.15, 0.2) is 23.2 Å². The van der Waals surface area contributed by atoms with Crippen molar-refractivity contribution in [2.45, 2.75) is 103 Å². The van der Waals surface area contributed by atoms with E-state index in [2.05, 4.69) is 22.0 Å². The summed E-state index contributed by atoms with van der Waals surface area (Å²) in [6.45, 7) is 13.3. The summed E-state index contributed by atoms with van der Waals surface area (Å²) in [5.41, 5.74) is 2.91. The van der Waals surface area contributed by atoms with Crippen molar-refractivity contribution < 1.29 is 23.8 Å². The van der Waals surface area contributed by atoms with Gasteiger partial charge in [-0.1, -0.05) is 6.92 Å². The van der Waals surface area contributed by atoms with E-state index in [1.54, 1.807) is 25.1 Å². The first kappa shape index (κ1) is 34.4. The van der Waals surface area contributed by atoms with Crippen LogP contribution in [0.1, 0.15) is 101 Å². The second-order valence-corrected chi connectivity index (χ2v) is 15.6. The SMILES string of the molecule is C[C@@H]1OCC2(CCN(c3cnc4c(N5CC[C@H](C)c6nc(C(=O)N(C)C)ccc65)nn(C5CCCCO5)c4n3)CC2)[C@@H]1NC(=O)OC(C)(C)C. The Kier molecular flexibility index (Phi) is 9.12. The van der Waals surface area contributed by atoms with E-state index < -0.39 is 11.7 Å². The van der Waals surface area contributed by atoms with Crippen molar-refractivity contribution in [3.05, 3.63) is 29.7 Å². The van der Waals surface area contributed by atoms with Crippen LogP contribution in [0.5, 0.6) is 0 Å². The molecule has 14 nitrogen and oxygen atoms in total. The van der Waals surface area contributed by atoms with Gasteiger partial charge in [-0.3, -0.25) is 4.79 Å². The van der Waals surface area contributed by atoms with Gasteiger partial charge in [-0.05, 0) is 78.4 Å². The number of rotatable bonds is 5. The number of aromatic nitrogens is 5. The molecule has 3 fully saturated rings. The van der Waals surface area contributed by atoms with E-state index in [1.165, 1.54) is 0 Å². The molecule has 0 bridgehead atoms. The number of amides is 2. The van der Waals surface area contributed by atoms with E-state index in [0.717, 1.165) is 81.2 Å². The molecule has 1 spiro atoms. The maximum Gasteiger partial charge on any atom is 0.407 e. The van der Waals surface area contributed by atoms with E-state index in [-0.39, 0.29) is 35.6 Å². The molecule has 0 saturated carbocycles. The molecule has 4 aliphatic rings. The summed E-state index contributed by atoms with van der Waals surface area (Å²) in [5, 5.41) is 8.30. The highest BCUT2D eigenvalue weighted by Crippen LogP contribution is 2.44. The average molecular weight is 690 g/mol. The Morgan fingerprint density at radius 3 is 2.52 bits per heavy atom. The van der Waals surface area contributed by atoms with Gasteiger partial charge in [0, 0.05) is 51.7 Å². The minimum atomic E-state index is -0.571. The standard InChI is InChI=1S/C36H51N9O5/c1-22-13-16-44(25-12-11-24(38-28(22)25)33(46)42(6)7)32-29-31(45(41-32)27-10-8-9-19-48-27)39-26(20-37-29)43-17-14-36(15-18-43)21-49-23(2)30(36)40-34(47)50-35(3,4)5/h11-12,20,22-23,27,30H,8-10,13-19,21H2,1-7H3,(H,40,47)/t22-,23-,27?,30+/m0/s1. The summed E-state index contributed by atoms with van der Waals surface area (Å²) >= 11 is 0. The van der Waals surface area contributed by atoms with Crippen molar-refractivity contribution in [1.29, 1.82) is 0 Å². The summed E-state index contributed by atoms with van der Waals surface area (Å²) < 4.78 is 19.9. The van der Waals surface area contributed by atoms with E-state index >= 15 is 0 Å². The number of ether oxygens (including phenoxy) is 3. The number of carbonyl (C=O) groups excluding carboxylic acids is 2. The molecule has 270 valence electrons. The van der Waals surface area contributed by atoms with Crippen molar-refractivity contribution in [2.24, 2.45) is 5.41 Å². The van der Waals surface area contributed by atoms with E-state index in [1.807, 2.05) is 44.6 Å². The van der Waals surface area contributed by atoms with Crippen molar-refractivity contribution in [3.8, 4) is 0 Å². The molecule has 0 aromatic carbocycles. The van der Waals surface area contributed by atoms with Gasteiger partial charge in [0.1, 0.15) is 17.1 Å². The second kappa shape index (κ2) is 13.3. The fourth-order valence-corrected chi connectivity index (χ4v) is 7.87. The highest BCUT2D eigenvalue weighted by molar-refractivity contribution is 5.93. The maximum absolute atomic E-state index is 12.8. The van der Waals surface area contributed by atoms with Gasteiger partial charge in [0.25, 0.3) is 5.91 Å². The predicted molar refractivity (Wildman–Crippen MR) is 189 cm³/mol. The van der Waals surface area contributed by atoms with Crippen LogP contribution in [0.3, 0.4) is 0 Å². The number of nitrogens with zero attached hydrogens (tertiary/aromatic N) is 8. The molecule has 3 saturated heterocycles. The van der Waals surface area contributed by atoms with Crippen LogP contribution in [-0.4, -0.2) is 106 Å². The predicted octanol–water partition coefficient (Wildman–Crippen LogP) is 5.17. The van der Waals surface area contributed by atoms with Crippen LogP contribution < -0.4 is 15.1 Å². The molecule has 3 aromatic heterocycles. The lowest BCUT2D eigenvalue weighted by molar-refractivity contribution is -0.0368. The van der Waals surface area contributed by atoms with Gasteiger partial charge in [0.05, 0.1) is 36.3 Å². The van der Waals surface area contributed by atoms with Gasteiger partial charge in [-0.15, -0.1) is 5.10 Å². The number of pyridine rings is 1. The quantitative estimate of drug-likeness (QED) is 0.380. The first-order chi connectivity index (χ1) is 23.8.